The molecule has 5 nitrogen and oxygen atoms in total. The summed E-state index contributed by atoms with van der Waals surface area (Å²) >= 11 is 6.22. The molecule has 0 aliphatic heterocycles. The Hall–Kier alpha value is -2.83. The molecule has 1 atom stereocenters. The van der Waals surface area contributed by atoms with Crippen molar-refractivity contribution in [3.05, 3.63) is 100 Å². The normalized spacial score (nSPS) is 12.2. The number of anilines is 1. The topological polar surface area (TPSA) is 66.5 Å². The molecule has 0 heterocycles. The van der Waals surface area contributed by atoms with Gasteiger partial charge in [0, 0.05) is 10.6 Å². The van der Waals surface area contributed by atoms with E-state index in [0.717, 1.165) is 23.8 Å². The van der Waals surface area contributed by atoms with Crippen LogP contribution in [0, 0.1) is 6.92 Å². The zero-order valence-corrected chi connectivity index (χ0v) is 20.0. The van der Waals surface area contributed by atoms with E-state index in [2.05, 4.69) is 5.32 Å². The van der Waals surface area contributed by atoms with Crippen molar-refractivity contribution in [2.45, 2.75) is 32.9 Å². The molecule has 3 aromatic rings. The van der Waals surface area contributed by atoms with Gasteiger partial charge in [-0.1, -0.05) is 66.6 Å². The Labute approximate surface area is 195 Å². The Kier molecular flexibility index (Phi) is 7.59. The average molecular weight is 471 g/mol. The molecule has 0 saturated carbocycles. The second-order valence-electron chi connectivity index (χ2n) is 7.75. The first-order chi connectivity index (χ1) is 15.2. The summed E-state index contributed by atoms with van der Waals surface area (Å²) in [5, 5.41) is 3.56. The molecule has 0 fully saturated rings. The highest BCUT2D eigenvalue weighted by molar-refractivity contribution is 7.92. The fourth-order valence-electron chi connectivity index (χ4n) is 3.42. The van der Waals surface area contributed by atoms with Crippen molar-refractivity contribution in [2.24, 2.45) is 0 Å². The maximum absolute atomic E-state index is 12.8. The van der Waals surface area contributed by atoms with E-state index in [4.69, 9.17) is 11.6 Å². The zero-order chi connectivity index (χ0) is 23.3. The number of benzene rings is 3. The van der Waals surface area contributed by atoms with Crippen LogP contribution in [0.1, 0.15) is 46.4 Å². The molecule has 0 saturated heterocycles. The lowest BCUT2D eigenvalue weighted by atomic mass is 10.0. The summed E-state index contributed by atoms with van der Waals surface area (Å²) in [6, 6.07) is 21.7. The van der Waals surface area contributed by atoms with Crippen molar-refractivity contribution in [3.63, 3.8) is 0 Å². The van der Waals surface area contributed by atoms with Crippen LogP contribution in [-0.4, -0.2) is 20.6 Å². The van der Waals surface area contributed by atoms with Crippen LogP contribution >= 0.6 is 11.6 Å². The number of hydrogen-bond acceptors (Lipinski definition) is 3. The number of rotatable bonds is 8. The summed E-state index contributed by atoms with van der Waals surface area (Å²) in [5.74, 6) is -0.207. The van der Waals surface area contributed by atoms with E-state index in [1.165, 1.54) is 4.31 Å². The number of carbonyl (C=O) groups is 1. The van der Waals surface area contributed by atoms with E-state index in [9.17, 15) is 13.2 Å². The summed E-state index contributed by atoms with van der Waals surface area (Å²) in [6.45, 7) is 4.15. The third-order valence-electron chi connectivity index (χ3n) is 5.28. The molecule has 7 heteroatoms. The third-order valence-corrected chi connectivity index (χ3v) is 6.79. The molecule has 1 amide bonds. The number of aryl methyl sites for hydroxylation is 1. The Morgan fingerprint density at radius 3 is 2.19 bits per heavy atom. The van der Waals surface area contributed by atoms with Crippen LogP contribution in [0.2, 0.25) is 5.02 Å². The molecule has 168 valence electrons. The molecule has 0 radical (unpaired) electrons. The average Bonchev–Trinajstić information content (AvgIpc) is 2.77. The Balaban J connectivity index is 1.79. The van der Waals surface area contributed by atoms with Crippen molar-refractivity contribution in [1.82, 2.24) is 5.32 Å². The highest BCUT2D eigenvalue weighted by Crippen LogP contribution is 2.25. The first-order valence-electron chi connectivity index (χ1n) is 10.4. The van der Waals surface area contributed by atoms with E-state index in [1.54, 1.807) is 42.5 Å². The van der Waals surface area contributed by atoms with Gasteiger partial charge >= 0.3 is 0 Å². The van der Waals surface area contributed by atoms with Gasteiger partial charge in [0.05, 0.1) is 24.5 Å². The van der Waals surface area contributed by atoms with Gasteiger partial charge in [-0.3, -0.25) is 9.10 Å². The van der Waals surface area contributed by atoms with Gasteiger partial charge in [-0.05, 0) is 54.8 Å². The lowest BCUT2D eigenvalue weighted by Crippen LogP contribution is -2.30. The number of nitrogens with zero attached hydrogens (tertiary/aromatic N) is 1. The maximum Gasteiger partial charge on any atom is 0.251 e. The zero-order valence-electron chi connectivity index (χ0n) is 18.4. The van der Waals surface area contributed by atoms with Crippen LogP contribution in [-0.2, 0) is 16.6 Å². The minimum Gasteiger partial charge on any atom is -0.345 e. The molecular formula is C25H27ClN2O3S. The monoisotopic (exact) mass is 470 g/mol. The van der Waals surface area contributed by atoms with Gasteiger partial charge in [0.2, 0.25) is 10.0 Å². The fourth-order valence-corrected chi connectivity index (χ4v) is 4.50. The quantitative estimate of drug-likeness (QED) is 0.473. The SMILES string of the molecule is CC[C@H](NC(=O)c1ccc(N(Cc2ccccc2Cl)S(C)(=O)=O)cc1)c1ccc(C)cc1. The van der Waals surface area contributed by atoms with Crippen LogP contribution in [0.15, 0.2) is 72.8 Å². The van der Waals surface area contributed by atoms with Crippen molar-refractivity contribution < 1.29 is 13.2 Å². The highest BCUT2D eigenvalue weighted by atomic mass is 35.5. The molecule has 1 N–H and O–H groups in total. The molecule has 0 spiro atoms. The highest BCUT2D eigenvalue weighted by Gasteiger charge is 2.20. The number of nitrogens with one attached hydrogen (secondary N) is 1. The molecule has 3 rings (SSSR count). The fraction of sp³-hybridized carbons (Fsp3) is 0.240. The lowest BCUT2D eigenvalue weighted by Gasteiger charge is -2.23. The molecular weight excluding hydrogens is 444 g/mol. The van der Waals surface area contributed by atoms with Crippen molar-refractivity contribution in [2.75, 3.05) is 10.6 Å². The summed E-state index contributed by atoms with van der Waals surface area (Å²) in [6.07, 6.45) is 1.91. The molecule has 0 unspecified atom stereocenters. The van der Waals surface area contributed by atoms with Crippen LogP contribution < -0.4 is 9.62 Å². The van der Waals surface area contributed by atoms with Crippen molar-refractivity contribution >= 4 is 33.2 Å². The Morgan fingerprint density at radius 2 is 1.62 bits per heavy atom. The van der Waals surface area contributed by atoms with Gasteiger partial charge in [-0.2, -0.15) is 0 Å². The summed E-state index contributed by atoms with van der Waals surface area (Å²) < 4.78 is 26.1. The van der Waals surface area contributed by atoms with E-state index in [1.807, 2.05) is 44.2 Å². The second-order valence-corrected chi connectivity index (χ2v) is 10.1. The van der Waals surface area contributed by atoms with Crippen molar-refractivity contribution in [1.29, 1.82) is 0 Å². The van der Waals surface area contributed by atoms with Crippen LogP contribution in [0.3, 0.4) is 0 Å². The third kappa shape index (κ3) is 5.90. The van der Waals surface area contributed by atoms with E-state index < -0.39 is 10.0 Å². The van der Waals surface area contributed by atoms with Gasteiger partial charge in [-0.15, -0.1) is 0 Å². The van der Waals surface area contributed by atoms with E-state index in [0.29, 0.717) is 21.8 Å². The van der Waals surface area contributed by atoms with Crippen LogP contribution in [0.25, 0.3) is 0 Å². The van der Waals surface area contributed by atoms with Crippen LogP contribution in [0.4, 0.5) is 5.69 Å². The minimum atomic E-state index is -3.55. The van der Waals surface area contributed by atoms with Gasteiger partial charge in [0.15, 0.2) is 0 Å². The second kappa shape index (κ2) is 10.2. The molecule has 0 aliphatic rings. The molecule has 0 aliphatic carbocycles. The Morgan fingerprint density at radius 1 is 1.00 bits per heavy atom. The largest absolute Gasteiger partial charge is 0.345 e. The molecule has 3 aromatic carbocycles. The number of amides is 1. The standard InChI is InChI=1S/C25H27ClN2O3S/c1-4-24(19-11-9-18(2)10-12-19)27-25(29)20-13-15-22(16-14-20)28(32(3,30)31)17-21-7-5-6-8-23(21)26/h5-16,24H,4,17H2,1-3H3,(H,27,29)/t24-/m0/s1. The number of hydrogen-bond donors (Lipinski definition) is 1. The predicted molar refractivity (Wildman–Crippen MR) is 131 cm³/mol. The molecule has 32 heavy (non-hydrogen) atoms. The number of sulfonamides is 1. The van der Waals surface area contributed by atoms with Gasteiger partial charge in [0.1, 0.15) is 0 Å². The van der Waals surface area contributed by atoms with Gasteiger partial charge in [0.25, 0.3) is 5.91 Å². The van der Waals surface area contributed by atoms with Crippen LogP contribution in [0.5, 0.6) is 0 Å². The van der Waals surface area contributed by atoms with Crippen molar-refractivity contribution in [3.8, 4) is 0 Å². The summed E-state index contributed by atoms with van der Waals surface area (Å²) in [7, 11) is -3.55. The lowest BCUT2D eigenvalue weighted by molar-refractivity contribution is 0.0935. The molecule has 0 aromatic heterocycles. The number of halogens is 1. The summed E-state index contributed by atoms with van der Waals surface area (Å²) in [4.78, 5) is 12.8. The Bertz CT molecular complexity index is 1180. The molecule has 0 bridgehead atoms. The first kappa shape index (κ1) is 23.8. The maximum atomic E-state index is 12.8. The summed E-state index contributed by atoms with van der Waals surface area (Å²) in [5.41, 5.74) is 3.84. The van der Waals surface area contributed by atoms with E-state index in [-0.39, 0.29) is 18.5 Å². The number of carbonyl (C=O) groups excluding carboxylic acids is 1. The van der Waals surface area contributed by atoms with Gasteiger partial charge in [-0.25, -0.2) is 8.42 Å². The minimum absolute atomic E-state index is 0.101. The smallest absolute Gasteiger partial charge is 0.251 e. The van der Waals surface area contributed by atoms with Gasteiger partial charge < -0.3 is 5.32 Å². The predicted octanol–water partition coefficient (Wildman–Crippen LogP) is 5.50. The first-order valence-corrected chi connectivity index (χ1v) is 12.6. The van der Waals surface area contributed by atoms with E-state index >= 15 is 0 Å².